The predicted molar refractivity (Wildman–Crippen MR) is 84.4 cm³/mol. The van der Waals surface area contributed by atoms with Crippen LogP contribution in [-0.4, -0.2) is 46.5 Å². The fourth-order valence-electron chi connectivity index (χ4n) is 5.21. The van der Waals surface area contributed by atoms with Gasteiger partial charge in [0, 0.05) is 13.5 Å². The molecule has 0 saturated carbocycles. The molecule has 2 amide bonds. The van der Waals surface area contributed by atoms with Crippen molar-refractivity contribution in [2.75, 3.05) is 13.8 Å². The number of ether oxygens (including phenoxy) is 2. The zero-order chi connectivity index (χ0) is 17.8. The molecule has 0 N–H and O–H groups in total. The van der Waals surface area contributed by atoms with Gasteiger partial charge >= 0.3 is 0 Å². The lowest BCUT2D eigenvalue weighted by atomic mass is 9.57. The van der Waals surface area contributed by atoms with Crippen LogP contribution in [0.1, 0.15) is 31.9 Å². The number of carbonyl (C=O) groups excluding carboxylic acids is 2. The highest BCUT2D eigenvalue weighted by atomic mass is 16.7. The number of likely N-dealkylation sites (N-methyl/N-ethyl adjacent to an activating group) is 1. The van der Waals surface area contributed by atoms with Crippen LogP contribution >= 0.6 is 0 Å². The van der Waals surface area contributed by atoms with Crippen molar-refractivity contribution < 1.29 is 19.1 Å². The van der Waals surface area contributed by atoms with Gasteiger partial charge in [-0.3, -0.25) is 9.59 Å². The van der Waals surface area contributed by atoms with Crippen molar-refractivity contribution in [1.29, 1.82) is 5.26 Å². The molecule has 7 nitrogen and oxygen atoms in total. The summed E-state index contributed by atoms with van der Waals surface area (Å²) in [5, 5.41) is 9.89. The first kappa shape index (κ1) is 14.6. The molecule has 25 heavy (non-hydrogen) atoms. The number of hydrogen-bond donors (Lipinski definition) is 0. The maximum Gasteiger partial charge on any atom is 0.252 e. The molecule has 1 spiro atoms. The Balaban J connectivity index is 1.66. The largest absolute Gasteiger partial charge is 0.454 e. The minimum Gasteiger partial charge on any atom is -0.454 e. The van der Waals surface area contributed by atoms with Gasteiger partial charge in [0.15, 0.2) is 22.6 Å². The van der Waals surface area contributed by atoms with Crippen LogP contribution in [0.2, 0.25) is 0 Å². The van der Waals surface area contributed by atoms with E-state index in [1.807, 2.05) is 19.1 Å². The predicted octanol–water partition coefficient (Wildman–Crippen LogP) is 1.20. The number of β-lactam (4-membered cyclic amide) rings is 2. The van der Waals surface area contributed by atoms with Crippen LogP contribution < -0.4 is 9.47 Å². The summed E-state index contributed by atoms with van der Waals surface area (Å²) in [4.78, 5) is 28.8. The molecule has 2 unspecified atom stereocenters. The molecule has 4 aliphatic heterocycles. The van der Waals surface area contributed by atoms with Crippen molar-refractivity contribution in [3.8, 4) is 17.6 Å². The Morgan fingerprint density at radius 2 is 1.92 bits per heavy atom. The number of fused-ring (bicyclic) bond motifs is 1. The van der Waals surface area contributed by atoms with Gasteiger partial charge in [-0.1, -0.05) is 6.07 Å². The Kier molecular flexibility index (Phi) is 2.28. The van der Waals surface area contributed by atoms with Crippen LogP contribution in [0.4, 0.5) is 0 Å². The molecule has 0 aromatic heterocycles. The average Bonchev–Trinajstić information content (AvgIpc) is 3.19. The molecule has 3 fully saturated rings. The van der Waals surface area contributed by atoms with Crippen LogP contribution in [-0.2, 0) is 9.59 Å². The van der Waals surface area contributed by atoms with Crippen LogP contribution in [0.3, 0.4) is 0 Å². The standard InChI is InChI=1S/C18H17N3O4/c1-16(8-19)7-18-15(23)20(3)17(18,2)14(22)21(18)13(16)10-4-5-11-12(6-10)25-9-24-11/h4-6,13H,7,9H2,1-3H3/t13?,16-,17?,18-/m0/s1. The molecular formula is C18H17N3O4. The maximum atomic E-state index is 13.0. The monoisotopic (exact) mass is 339 g/mol. The van der Waals surface area contributed by atoms with Gasteiger partial charge in [-0.25, -0.2) is 0 Å². The maximum absolute atomic E-state index is 13.0. The molecule has 4 aliphatic rings. The number of nitriles is 1. The van der Waals surface area contributed by atoms with Crippen molar-refractivity contribution in [2.45, 2.75) is 37.4 Å². The first-order valence-corrected chi connectivity index (χ1v) is 8.24. The average molecular weight is 339 g/mol. The number of carbonyl (C=O) groups is 2. The molecule has 5 rings (SSSR count). The van der Waals surface area contributed by atoms with Crippen LogP contribution in [0, 0.1) is 16.7 Å². The van der Waals surface area contributed by atoms with Gasteiger partial charge in [0.05, 0.1) is 17.5 Å². The molecule has 1 aromatic rings. The highest BCUT2D eigenvalue weighted by Gasteiger charge is 2.89. The number of benzene rings is 1. The van der Waals surface area contributed by atoms with Gasteiger partial charge in [0.25, 0.3) is 11.8 Å². The molecule has 0 radical (unpaired) electrons. The third kappa shape index (κ3) is 1.22. The second-order valence-electron chi connectivity index (χ2n) is 7.69. The number of likely N-dealkylation sites (tertiary alicyclic amines) is 1. The number of amides is 2. The lowest BCUT2D eigenvalue weighted by Gasteiger charge is -2.71. The minimum atomic E-state index is -0.898. The molecule has 0 bridgehead atoms. The summed E-state index contributed by atoms with van der Waals surface area (Å²) in [7, 11) is 1.65. The summed E-state index contributed by atoms with van der Waals surface area (Å²) in [5.41, 5.74) is -1.79. The highest BCUT2D eigenvalue weighted by Crippen LogP contribution is 2.69. The van der Waals surface area contributed by atoms with Crippen LogP contribution in [0.15, 0.2) is 18.2 Å². The van der Waals surface area contributed by atoms with E-state index in [-0.39, 0.29) is 18.6 Å². The van der Waals surface area contributed by atoms with Crippen molar-refractivity contribution in [3.63, 3.8) is 0 Å². The summed E-state index contributed by atoms with van der Waals surface area (Å²) < 4.78 is 10.8. The Morgan fingerprint density at radius 3 is 2.64 bits per heavy atom. The quantitative estimate of drug-likeness (QED) is 0.718. The molecule has 7 heteroatoms. The van der Waals surface area contributed by atoms with Crippen molar-refractivity contribution in [3.05, 3.63) is 23.8 Å². The number of hydrogen-bond acceptors (Lipinski definition) is 5. The first-order valence-electron chi connectivity index (χ1n) is 8.24. The Morgan fingerprint density at radius 1 is 1.20 bits per heavy atom. The molecule has 3 saturated heterocycles. The molecule has 128 valence electrons. The summed E-state index contributed by atoms with van der Waals surface area (Å²) in [5.74, 6) is 1.07. The molecule has 1 aromatic carbocycles. The van der Waals surface area contributed by atoms with E-state index in [4.69, 9.17) is 9.47 Å². The van der Waals surface area contributed by atoms with Gasteiger partial charge in [0.2, 0.25) is 6.79 Å². The van der Waals surface area contributed by atoms with E-state index in [1.165, 1.54) is 4.90 Å². The smallest absolute Gasteiger partial charge is 0.252 e. The lowest BCUT2D eigenvalue weighted by molar-refractivity contribution is -0.231. The topological polar surface area (TPSA) is 82.9 Å². The summed E-state index contributed by atoms with van der Waals surface area (Å²) in [6, 6.07) is 7.35. The van der Waals surface area contributed by atoms with E-state index in [0.717, 1.165) is 5.56 Å². The van der Waals surface area contributed by atoms with Crippen molar-refractivity contribution >= 4 is 11.8 Å². The minimum absolute atomic E-state index is 0.0840. The fourth-order valence-corrected chi connectivity index (χ4v) is 5.21. The first-order chi connectivity index (χ1) is 11.8. The van der Waals surface area contributed by atoms with Gasteiger partial charge in [-0.05, 0) is 31.5 Å². The lowest BCUT2D eigenvalue weighted by Crippen LogP contribution is -2.96. The Hall–Kier alpha value is -2.75. The molecular weight excluding hydrogens is 322 g/mol. The zero-order valence-electron chi connectivity index (χ0n) is 14.2. The van der Waals surface area contributed by atoms with Crippen molar-refractivity contribution in [2.24, 2.45) is 5.41 Å². The molecule has 4 atom stereocenters. The summed E-state index contributed by atoms with van der Waals surface area (Å²) >= 11 is 0. The second kappa shape index (κ2) is 3.90. The second-order valence-corrected chi connectivity index (χ2v) is 7.69. The fraction of sp³-hybridized carbons (Fsp3) is 0.500. The number of nitrogens with zero attached hydrogens (tertiary/aromatic N) is 3. The Labute approximate surface area is 144 Å². The van der Waals surface area contributed by atoms with Gasteiger partial charge in [-0.2, -0.15) is 5.26 Å². The van der Waals surface area contributed by atoms with Crippen LogP contribution in [0.25, 0.3) is 0 Å². The van der Waals surface area contributed by atoms with Crippen molar-refractivity contribution in [1.82, 2.24) is 9.80 Å². The van der Waals surface area contributed by atoms with E-state index < -0.39 is 22.5 Å². The number of piperazine rings is 1. The van der Waals surface area contributed by atoms with E-state index in [1.54, 1.807) is 24.9 Å². The third-order valence-electron chi connectivity index (χ3n) is 6.63. The molecule has 0 aliphatic carbocycles. The third-order valence-corrected chi connectivity index (χ3v) is 6.63. The zero-order valence-corrected chi connectivity index (χ0v) is 14.2. The summed E-state index contributed by atoms with van der Waals surface area (Å²) in [6.45, 7) is 3.79. The van der Waals surface area contributed by atoms with E-state index in [9.17, 15) is 14.9 Å². The summed E-state index contributed by atoms with van der Waals surface area (Å²) in [6.07, 6.45) is 0.348. The Bertz CT molecular complexity index is 908. The molecule has 4 heterocycles. The normalized spacial score (nSPS) is 40.2. The van der Waals surface area contributed by atoms with E-state index in [0.29, 0.717) is 17.9 Å². The van der Waals surface area contributed by atoms with Crippen LogP contribution in [0.5, 0.6) is 11.5 Å². The number of rotatable bonds is 1. The van der Waals surface area contributed by atoms with E-state index in [2.05, 4.69) is 6.07 Å². The van der Waals surface area contributed by atoms with Gasteiger partial charge < -0.3 is 19.3 Å². The van der Waals surface area contributed by atoms with Gasteiger partial charge in [-0.15, -0.1) is 0 Å². The van der Waals surface area contributed by atoms with Gasteiger partial charge in [0.1, 0.15) is 0 Å². The highest BCUT2D eigenvalue weighted by molar-refractivity contribution is 6.18. The van der Waals surface area contributed by atoms with E-state index >= 15 is 0 Å². The SMILES string of the molecule is CN1C(=O)[C@]23C[C@@](C)(C#N)C(c4ccc5c(c4)OCO5)N2C(=O)C13C.